The predicted octanol–water partition coefficient (Wildman–Crippen LogP) is 18.6. The Kier molecular flexibility index (Phi) is 11.5. The largest absolute Gasteiger partial charge is 0.509 e. The Morgan fingerprint density at radius 2 is 0.938 bits per heavy atom. The van der Waals surface area contributed by atoms with E-state index < -0.39 is 0 Å². The summed E-state index contributed by atoms with van der Waals surface area (Å²) in [4.78, 5) is 9.62. The van der Waals surface area contributed by atoms with Crippen molar-refractivity contribution < 1.29 is 25.8 Å². The van der Waals surface area contributed by atoms with Gasteiger partial charge in [0.15, 0.2) is 0 Å². The fraction of sp³-hybridized carbons (Fsp3) is 0.0137. The number of para-hydroxylation sites is 5. The van der Waals surface area contributed by atoms with E-state index in [-0.39, 0.29) is 27.0 Å². The van der Waals surface area contributed by atoms with E-state index in [2.05, 4.69) is 280 Å². The molecule has 0 amide bonds. The molecule has 1 aliphatic carbocycles. The van der Waals surface area contributed by atoms with Gasteiger partial charge in [-0.05, 0) is 98.9 Å². The second kappa shape index (κ2) is 19.3. The van der Waals surface area contributed by atoms with Crippen LogP contribution < -0.4 is 14.5 Å². The van der Waals surface area contributed by atoms with Gasteiger partial charge in [0.1, 0.15) is 5.82 Å². The second-order valence-corrected chi connectivity index (χ2v) is 20.3. The molecule has 3 aromatic heterocycles. The molecule has 2 aliphatic rings. The van der Waals surface area contributed by atoms with Crippen molar-refractivity contribution >= 4 is 66.4 Å². The SMILES string of the molecule is [Pt].[c-]1c(Oc2[c-]c3c(cc2)c2ccccc2n3-c2cc(C3c4ccccc4-c4ccccc43)ccn2)cccc1N1[CH-]N(c2c(-c3ccccc3)cc(-n3c4ccccc4c4ccccc43)cc2-c2ccccc2)c2ccccc21. The molecule has 14 aromatic rings. The minimum Gasteiger partial charge on any atom is -0.509 e. The van der Waals surface area contributed by atoms with Crippen molar-refractivity contribution in [3.05, 3.63) is 303 Å². The van der Waals surface area contributed by atoms with Crippen LogP contribution >= 0.6 is 0 Å². The molecule has 0 radical (unpaired) electrons. The molecule has 0 saturated heterocycles. The van der Waals surface area contributed by atoms with Gasteiger partial charge in [0, 0.05) is 94.8 Å². The molecule has 0 N–H and O–H groups in total. The van der Waals surface area contributed by atoms with Crippen LogP contribution in [0.3, 0.4) is 0 Å². The molecule has 16 rings (SSSR count). The maximum atomic E-state index is 6.82. The van der Waals surface area contributed by atoms with Crippen molar-refractivity contribution in [2.45, 2.75) is 5.92 Å². The molecule has 0 saturated carbocycles. The van der Waals surface area contributed by atoms with E-state index in [1.54, 1.807) is 0 Å². The fourth-order valence-corrected chi connectivity index (χ4v) is 12.5. The van der Waals surface area contributed by atoms with E-state index in [4.69, 9.17) is 9.72 Å². The third-order valence-electron chi connectivity index (χ3n) is 15.9. The summed E-state index contributed by atoms with van der Waals surface area (Å²) in [5.74, 6) is 2.07. The standard InChI is InChI=1S/C73H46N5O.Pt/c1-3-20-48(21-4-1)63-44-52(77-65-33-14-11-28-57(65)58-29-12-15-34-66(58)77)45-64(49-22-5-2-6-23-49)73(63)76-47-75(68-36-17-18-37-69(68)76)51-24-19-25-53(43-51)79-54-38-39-60-59-30-13-16-35-67(59)78(70(60)46-54)71-42-50(40-41-74-71)72-61-31-9-7-26-55(61)56-27-8-10-32-62(56)72;/h1-42,44-45,47,72H;/q-3;. The van der Waals surface area contributed by atoms with Crippen LogP contribution in [-0.4, -0.2) is 14.1 Å². The van der Waals surface area contributed by atoms with Crippen molar-refractivity contribution in [1.29, 1.82) is 0 Å². The number of pyridine rings is 1. The van der Waals surface area contributed by atoms with Crippen molar-refractivity contribution in [3.63, 3.8) is 0 Å². The molecule has 0 atom stereocenters. The Morgan fingerprint density at radius 1 is 0.412 bits per heavy atom. The molecule has 1 aliphatic heterocycles. The smallest absolute Gasteiger partial charge is 0.135 e. The molecule has 4 heterocycles. The van der Waals surface area contributed by atoms with Crippen LogP contribution in [0.25, 0.3) is 88.5 Å². The molecule has 0 unspecified atom stereocenters. The van der Waals surface area contributed by atoms with Crippen LogP contribution in [0.1, 0.15) is 22.6 Å². The molecule has 382 valence electrons. The fourth-order valence-electron chi connectivity index (χ4n) is 12.5. The summed E-state index contributed by atoms with van der Waals surface area (Å²) < 4.78 is 11.5. The van der Waals surface area contributed by atoms with E-state index in [9.17, 15) is 0 Å². The third kappa shape index (κ3) is 7.62. The van der Waals surface area contributed by atoms with Crippen LogP contribution in [0.4, 0.5) is 22.7 Å². The van der Waals surface area contributed by atoms with Crippen LogP contribution in [0.15, 0.2) is 267 Å². The maximum absolute atomic E-state index is 6.82. The zero-order chi connectivity index (χ0) is 52.0. The molecule has 11 aromatic carbocycles. The zero-order valence-electron chi connectivity index (χ0n) is 43.0. The Balaban J connectivity index is 0.00000552. The Labute approximate surface area is 477 Å². The van der Waals surface area contributed by atoms with Gasteiger partial charge in [0.05, 0.1) is 11.0 Å². The van der Waals surface area contributed by atoms with Gasteiger partial charge in [-0.1, -0.05) is 181 Å². The van der Waals surface area contributed by atoms with E-state index in [0.29, 0.717) is 11.5 Å². The monoisotopic (exact) mass is 1200 g/mol. The summed E-state index contributed by atoms with van der Waals surface area (Å²) in [6.07, 6.45) is 1.94. The topological polar surface area (TPSA) is 38.5 Å². The van der Waals surface area contributed by atoms with Gasteiger partial charge < -0.3 is 23.7 Å². The van der Waals surface area contributed by atoms with Crippen LogP contribution in [0.2, 0.25) is 0 Å². The minimum atomic E-state index is 0. The van der Waals surface area contributed by atoms with E-state index in [1.807, 2.05) is 24.4 Å². The maximum Gasteiger partial charge on any atom is 0.135 e. The van der Waals surface area contributed by atoms with Crippen LogP contribution in [0.5, 0.6) is 11.5 Å². The number of hydrogen-bond donors (Lipinski definition) is 0. The number of rotatable bonds is 9. The summed E-state index contributed by atoms with van der Waals surface area (Å²) in [6, 6.07) is 100. The van der Waals surface area contributed by atoms with Gasteiger partial charge in [0.2, 0.25) is 0 Å². The van der Waals surface area contributed by atoms with Gasteiger partial charge in [-0.2, -0.15) is 12.1 Å². The number of ether oxygens (including phenoxy) is 1. The molecule has 7 heteroatoms. The third-order valence-corrected chi connectivity index (χ3v) is 15.9. The summed E-state index contributed by atoms with van der Waals surface area (Å²) in [6.45, 7) is 2.20. The molecule has 0 fully saturated rings. The molecule has 0 bridgehead atoms. The number of fused-ring (bicyclic) bond motifs is 10. The van der Waals surface area contributed by atoms with E-state index in [0.717, 1.165) is 89.3 Å². The van der Waals surface area contributed by atoms with Crippen molar-refractivity contribution in [3.8, 4) is 56.4 Å². The van der Waals surface area contributed by atoms with Crippen LogP contribution in [-0.2, 0) is 21.1 Å². The number of nitrogens with zero attached hydrogens (tertiary/aromatic N) is 5. The summed E-state index contributed by atoms with van der Waals surface area (Å²) in [5.41, 5.74) is 20.2. The van der Waals surface area contributed by atoms with E-state index in [1.165, 1.54) is 38.6 Å². The quantitative estimate of drug-likeness (QED) is 0.135. The number of aromatic nitrogens is 3. The molecule has 80 heavy (non-hydrogen) atoms. The Morgan fingerprint density at radius 3 is 1.57 bits per heavy atom. The van der Waals surface area contributed by atoms with Crippen LogP contribution in [0, 0.1) is 18.8 Å². The first kappa shape index (κ1) is 47.5. The van der Waals surface area contributed by atoms with Gasteiger partial charge in [0.25, 0.3) is 0 Å². The number of anilines is 4. The first-order valence-electron chi connectivity index (χ1n) is 26.8. The second-order valence-electron chi connectivity index (χ2n) is 20.3. The molecular formula is C73H46N5OPt-3. The van der Waals surface area contributed by atoms with E-state index >= 15 is 0 Å². The average Bonchev–Trinajstić information content (AvgIpc) is 4.30. The number of benzene rings is 11. The van der Waals surface area contributed by atoms with Crippen molar-refractivity contribution in [2.75, 3.05) is 9.80 Å². The van der Waals surface area contributed by atoms with Gasteiger partial charge >= 0.3 is 0 Å². The molecule has 0 spiro atoms. The zero-order valence-corrected chi connectivity index (χ0v) is 45.3. The summed E-state index contributed by atoms with van der Waals surface area (Å²) in [5, 5.41) is 4.64. The summed E-state index contributed by atoms with van der Waals surface area (Å²) in [7, 11) is 0. The van der Waals surface area contributed by atoms with Gasteiger partial charge in [-0.25, -0.2) is 4.98 Å². The van der Waals surface area contributed by atoms with Gasteiger partial charge in [-0.3, -0.25) is 0 Å². The minimum absolute atomic E-state index is 0. The Hall–Kier alpha value is -9.74. The summed E-state index contributed by atoms with van der Waals surface area (Å²) >= 11 is 0. The first-order chi connectivity index (χ1) is 39.2. The molecular weight excluding hydrogens is 1160 g/mol. The number of hydrogen-bond acceptors (Lipinski definition) is 4. The first-order valence-corrected chi connectivity index (χ1v) is 26.8. The van der Waals surface area contributed by atoms with Crippen molar-refractivity contribution in [2.24, 2.45) is 0 Å². The molecule has 6 nitrogen and oxygen atoms in total. The average molecular weight is 1200 g/mol. The predicted molar refractivity (Wildman–Crippen MR) is 322 cm³/mol. The van der Waals surface area contributed by atoms with Gasteiger partial charge in [-0.15, -0.1) is 48.1 Å². The van der Waals surface area contributed by atoms with Crippen molar-refractivity contribution in [1.82, 2.24) is 14.1 Å². The Bertz CT molecular complexity index is 4560. The normalized spacial score (nSPS) is 12.8.